The number of hydrogen-bond donors (Lipinski definition) is 1. The maximum absolute atomic E-state index is 7.76. The third-order valence-electron chi connectivity index (χ3n) is 2.76. The lowest BCUT2D eigenvalue weighted by Crippen LogP contribution is -2.09. The van der Waals surface area contributed by atoms with Crippen LogP contribution in [0.15, 0.2) is 54.7 Å². The van der Waals surface area contributed by atoms with Gasteiger partial charge in [-0.1, -0.05) is 42.5 Å². The summed E-state index contributed by atoms with van der Waals surface area (Å²) < 4.78 is 0. The number of benzene rings is 1. The lowest BCUT2D eigenvalue weighted by atomic mass is 10.1. The average molecular weight is 224 g/mol. The van der Waals surface area contributed by atoms with Gasteiger partial charge in [0.25, 0.3) is 0 Å². The quantitative estimate of drug-likeness (QED) is 0.851. The molecular weight excluding hydrogens is 208 g/mol. The molecule has 2 aromatic rings. The molecule has 2 heteroatoms. The van der Waals surface area contributed by atoms with Crippen LogP contribution in [0.4, 0.5) is 0 Å². The highest BCUT2D eigenvalue weighted by Gasteiger charge is 1.96. The largest absolute Gasteiger partial charge is 0.283 e. The van der Waals surface area contributed by atoms with Gasteiger partial charge in [0.05, 0.1) is 0 Å². The molecule has 0 aliphatic rings. The number of rotatable bonds is 4. The first-order valence-corrected chi connectivity index (χ1v) is 5.89. The maximum Gasteiger partial charge on any atom is 0.147 e. The normalized spacial score (nSPS) is 10.1. The summed E-state index contributed by atoms with van der Waals surface area (Å²) in [5.41, 5.74) is 2.77. The van der Waals surface area contributed by atoms with Crippen molar-refractivity contribution in [3.8, 4) is 0 Å². The molecule has 1 heterocycles. The van der Waals surface area contributed by atoms with Crippen LogP contribution in [0, 0.1) is 5.41 Å². The van der Waals surface area contributed by atoms with Gasteiger partial charge in [0.15, 0.2) is 0 Å². The molecule has 17 heavy (non-hydrogen) atoms. The molecule has 1 aromatic carbocycles. The Kier molecular flexibility index (Phi) is 4.03. The second-order valence-corrected chi connectivity index (χ2v) is 4.04. The zero-order valence-electron chi connectivity index (χ0n) is 9.76. The second kappa shape index (κ2) is 5.94. The Balaban J connectivity index is 1.95. The summed E-state index contributed by atoms with van der Waals surface area (Å²) in [6, 6.07) is 16.2. The summed E-state index contributed by atoms with van der Waals surface area (Å²) in [5, 5.41) is 7.76. The standard InChI is InChI=1S/C15H16N2/c16-15-14(10-4-5-12-17-15)11-6-9-13-7-2-1-3-8-13/h1-5,7-8,10,12,16H,6,9,11H2. The van der Waals surface area contributed by atoms with E-state index in [1.54, 1.807) is 6.20 Å². The summed E-state index contributed by atoms with van der Waals surface area (Å²) in [6.45, 7) is 0. The minimum absolute atomic E-state index is 0.392. The van der Waals surface area contributed by atoms with E-state index in [1.807, 2.05) is 24.3 Å². The van der Waals surface area contributed by atoms with Gasteiger partial charge in [-0.2, -0.15) is 0 Å². The molecule has 1 N–H and O–H groups in total. The number of aryl methyl sites for hydroxylation is 2. The van der Waals surface area contributed by atoms with Crippen molar-refractivity contribution in [1.29, 1.82) is 5.41 Å². The molecule has 0 radical (unpaired) electrons. The molecule has 0 saturated carbocycles. The Labute approximate surface area is 101 Å². The van der Waals surface area contributed by atoms with E-state index in [2.05, 4.69) is 29.2 Å². The van der Waals surface area contributed by atoms with Gasteiger partial charge < -0.3 is 0 Å². The van der Waals surface area contributed by atoms with Crippen LogP contribution in [0.2, 0.25) is 0 Å². The summed E-state index contributed by atoms with van der Waals surface area (Å²) in [7, 11) is 0. The van der Waals surface area contributed by atoms with E-state index in [9.17, 15) is 0 Å². The van der Waals surface area contributed by atoms with Gasteiger partial charge in [-0.25, -0.2) is 4.98 Å². The van der Waals surface area contributed by atoms with Crippen molar-refractivity contribution in [2.45, 2.75) is 19.3 Å². The Morgan fingerprint density at radius 1 is 0.882 bits per heavy atom. The van der Waals surface area contributed by atoms with Gasteiger partial charge in [0.2, 0.25) is 0 Å². The fourth-order valence-corrected chi connectivity index (χ4v) is 1.83. The number of nitrogens with one attached hydrogen (secondary N) is 1. The fraction of sp³-hybridized carbons (Fsp3) is 0.200. The second-order valence-electron chi connectivity index (χ2n) is 4.04. The molecule has 0 aliphatic carbocycles. The molecule has 0 saturated heterocycles. The van der Waals surface area contributed by atoms with Crippen molar-refractivity contribution in [2.75, 3.05) is 0 Å². The molecule has 0 atom stereocenters. The highest BCUT2D eigenvalue weighted by molar-refractivity contribution is 5.15. The summed E-state index contributed by atoms with van der Waals surface area (Å²) in [4.78, 5) is 4.03. The molecule has 86 valence electrons. The maximum atomic E-state index is 7.76. The third kappa shape index (κ3) is 3.52. The Bertz CT molecular complexity index is 520. The third-order valence-corrected chi connectivity index (χ3v) is 2.76. The first-order chi connectivity index (χ1) is 8.36. The van der Waals surface area contributed by atoms with Gasteiger partial charge in [-0.3, -0.25) is 5.41 Å². The van der Waals surface area contributed by atoms with E-state index in [4.69, 9.17) is 5.41 Å². The molecular formula is C15H16N2. The number of nitrogens with zero attached hydrogens (tertiary/aromatic N) is 1. The van der Waals surface area contributed by atoms with Crippen molar-refractivity contribution >= 4 is 0 Å². The summed E-state index contributed by atoms with van der Waals surface area (Å²) in [5.74, 6) is 0. The van der Waals surface area contributed by atoms with E-state index in [0.29, 0.717) is 5.49 Å². The van der Waals surface area contributed by atoms with Crippen LogP contribution in [-0.4, -0.2) is 4.98 Å². The van der Waals surface area contributed by atoms with Crippen molar-refractivity contribution in [2.24, 2.45) is 0 Å². The molecule has 0 amide bonds. The van der Waals surface area contributed by atoms with Crippen molar-refractivity contribution < 1.29 is 0 Å². The van der Waals surface area contributed by atoms with Gasteiger partial charge in [-0.05, 0) is 36.5 Å². The Morgan fingerprint density at radius 2 is 1.65 bits per heavy atom. The Morgan fingerprint density at radius 3 is 2.47 bits per heavy atom. The molecule has 0 bridgehead atoms. The van der Waals surface area contributed by atoms with Crippen LogP contribution >= 0.6 is 0 Å². The molecule has 0 fully saturated rings. The summed E-state index contributed by atoms with van der Waals surface area (Å²) >= 11 is 0. The van der Waals surface area contributed by atoms with E-state index in [0.717, 1.165) is 24.8 Å². The predicted molar refractivity (Wildman–Crippen MR) is 68.6 cm³/mol. The van der Waals surface area contributed by atoms with Crippen LogP contribution in [-0.2, 0) is 12.8 Å². The SMILES string of the molecule is N=c1nccccc1CCCc1ccccc1. The van der Waals surface area contributed by atoms with E-state index in [1.165, 1.54) is 5.56 Å². The van der Waals surface area contributed by atoms with E-state index < -0.39 is 0 Å². The minimum Gasteiger partial charge on any atom is -0.283 e. The topological polar surface area (TPSA) is 36.7 Å². The average Bonchev–Trinajstić information content (AvgIpc) is 2.56. The van der Waals surface area contributed by atoms with Gasteiger partial charge in [0.1, 0.15) is 5.49 Å². The number of hydrogen-bond acceptors (Lipinski definition) is 2. The van der Waals surface area contributed by atoms with Crippen molar-refractivity contribution in [3.05, 3.63) is 71.3 Å². The van der Waals surface area contributed by atoms with Crippen LogP contribution in [0.3, 0.4) is 0 Å². The molecule has 0 unspecified atom stereocenters. The lowest BCUT2D eigenvalue weighted by molar-refractivity contribution is 0.805. The van der Waals surface area contributed by atoms with Crippen molar-refractivity contribution in [3.63, 3.8) is 0 Å². The zero-order valence-corrected chi connectivity index (χ0v) is 9.76. The van der Waals surface area contributed by atoms with E-state index in [-0.39, 0.29) is 0 Å². The summed E-state index contributed by atoms with van der Waals surface area (Å²) in [6.07, 6.45) is 4.69. The van der Waals surface area contributed by atoms with Crippen LogP contribution in [0.1, 0.15) is 17.5 Å². The van der Waals surface area contributed by atoms with Gasteiger partial charge in [-0.15, -0.1) is 0 Å². The lowest BCUT2D eigenvalue weighted by Gasteiger charge is -2.00. The van der Waals surface area contributed by atoms with Crippen molar-refractivity contribution in [1.82, 2.24) is 4.98 Å². The monoisotopic (exact) mass is 224 g/mol. The van der Waals surface area contributed by atoms with Gasteiger partial charge in [0, 0.05) is 6.20 Å². The number of aromatic nitrogens is 1. The molecule has 0 spiro atoms. The highest BCUT2D eigenvalue weighted by atomic mass is 14.7. The fourth-order valence-electron chi connectivity index (χ4n) is 1.83. The smallest absolute Gasteiger partial charge is 0.147 e. The van der Waals surface area contributed by atoms with Crippen LogP contribution in [0.25, 0.3) is 0 Å². The zero-order chi connectivity index (χ0) is 11.9. The van der Waals surface area contributed by atoms with Crippen LogP contribution < -0.4 is 5.49 Å². The predicted octanol–water partition coefficient (Wildman–Crippen LogP) is 2.74. The molecule has 2 nitrogen and oxygen atoms in total. The molecule has 1 aromatic heterocycles. The molecule has 2 rings (SSSR count). The minimum atomic E-state index is 0.392. The van der Waals surface area contributed by atoms with Crippen LogP contribution in [0.5, 0.6) is 0 Å². The Hall–Kier alpha value is -1.96. The molecule has 0 aliphatic heterocycles. The first-order valence-electron chi connectivity index (χ1n) is 5.89. The van der Waals surface area contributed by atoms with Gasteiger partial charge >= 0.3 is 0 Å². The highest BCUT2D eigenvalue weighted by Crippen LogP contribution is 2.05. The van der Waals surface area contributed by atoms with E-state index >= 15 is 0 Å². The first kappa shape index (κ1) is 11.5.